The van der Waals surface area contributed by atoms with Crippen molar-refractivity contribution in [1.82, 2.24) is 4.90 Å². The lowest BCUT2D eigenvalue weighted by Gasteiger charge is -2.26. The van der Waals surface area contributed by atoms with Crippen molar-refractivity contribution in [2.24, 2.45) is 16.3 Å². The minimum absolute atomic E-state index is 0.0121. The van der Waals surface area contributed by atoms with Gasteiger partial charge in [-0.1, -0.05) is 18.5 Å². The van der Waals surface area contributed by atoms with Gasteiger partial charge in [-0.25, -0.2) is 0 Å². The van der Waals surface area contributed by atoms with Crippen molar-refractivity contribution >= 4 is 11.7 Å². The van der Waals surface area contributed by atoms with Crippen LogP contribution in [-0.2, 0) is 4.79 Å². The molecule has 1 rings (SSSR count). The number of carbonyl (C=O) groups is 1. The molecule has 4 N–H and O–H groups in total. The first-order chi connectivity index (χ1) is 8.12. The number of amidine groups is 1. The topological polar surface area (TPSA) is 99.2 Å². The van der Waals surface area contributed by atoms with Gasteiger partial charge in [-0.05, 0) is 19.3 Å². The second kappa shape index (κ2) is 5.86. The number of carbonyl (C=O) groups excluding carboxylic acids is 1. The van der Waals surface area contributed by atoms with Gasteiger partial charge < -0.3 is 20.9 Å². The van der Waals surface area contributed by atoms with Crippen LogP contribution < -0.4 is 5.73 Å². The highest BCUT2D eigenvalue weighted by Crippen LogP contribution is 2.47. The third-order valence-corrected chi connectivity index (χ3v) is 3.20. The van der Waals surface area contributed by atoms with Gasteiger partial charge in [0.1, 0.15) is 5.41 Å². The SMILES string of the molecule is CCCCN(CCO)C(=O)C1(C(N)=NO)CC1. The van der Waals surface area contributed by atoms with Crippen LogP contribution in [0.5, 0.6) is 0 Å². The molecule has 6 heteroatoms. The Hall–Kier alpha value is -1.30. The monoisotopic (exact) mass is 243 g/mol. The van der Waals surface area contributed by atoms with Crippen LogP contribution in [0.4, 0.5) is 0 Å². The predicted molar refractivity (Wildman–Crippen MR) is 63.6 cm³/mol. The molecule has 0 atom stereocenters. The fourth-order valence-electron chi connectivity index (χ4n) is 1.89. The molecule has 0 saturated heterocycles. The van der Waals surface area contributed by atoms with Crippen LogP contribution in [0, 0.1) is 5.41 Å². The number of hydrogen-bond acceptors (Lipinski definition) is 4. The minimum atomic E-state index is -0.808. The van der Waals surface area contributed by atoms with E-state index in [9.17, 15) is 4.79 Å². The fourth-order valence-corrected chi connectivity index (χ4v) is 1.89. The Morgan fingerprint density at radius 3 is 2.53 bits per heavy atom. The summed E-state index contributed by atoms with van der Waals surface area (Å²) in [5.74, 6) is -0.141. The number of aliphatic hydroxyl groups is 1. The molecule has 1 saturated carbocycles. The molecule has 0 aliphatic heterocycles. The predicted octanol–water partition coefficient (Wildman–Crippen LogP) is 0.134. The molecule has 17 heavy (non-hydrogen) atoms. The van der Waals surface area contributed by atoms with Crippen LogP contribution in [0.15, 0.2) is 5.16 Å². The Labute approximate surface area is 101 Å². The molecule has 1 aliphatic carbocycles. The zero-order valence-corrected chi connectivity index (χ0v) is 10.2. The Balaban J connectivity index is 2.70. The first-order valence-corrected chi connectivity index (χ1v) is 6.00. The fraction of sp³-hybridized carbons (Fsp3) is 0.818. The Morgan fingerprint density at radius 1 is 1.47 bits per heavy atom. The number of rotatable bonds is 7. The summed E-state index contributed by atoms with van der Waals surface area (Å²) >= 11 is 0. The molecule has 6 nitrogen and oxygen atoms in total. The molecule has 0 aromatic rings. The van der Waals surface area contributed by atoms with Crippen LogP contribution in [0.2, 0.25) is 0 Å². The first-order valence-electron chi connectivity index (χ1n) is 6.00. The van der Waals surface area contributed by atoms with Crippen LogP contribution in [0.25, 0.3) is 0 Å². The van der Waals surface area contributed by atoms with Crippen LogP contribution in [0.1, 0.15) is 32.6 Å². The third-order valence-electron chi connectivity index (χ3n) is 3.20. The van der Waals surface area contributed by atoms with E-state index in [1.54, 1.807) is 4.90 Å². The molecule has 0 spiro atoms. The van der Waals surface area contributed by atoms with Crippen molar-refractivity contribution in [3.63, 3.8) is 0 Å². The first kappa shape index (κ1) is 13.8. The summed E-state index contributed by atoms with van der Waals surface area (Å²) in [5.41, 5.74) is 4.76. The number of nitrogens with two attached hydrogens (primary N) is 1. The van der Waals surface area contributed by atoms with Gasteiger partial charge in [0.25, 0.3) is 0 Å². The maximum Gasteiger partial charge on any atom is 0.236 e. The van der Waals surface area contributed by atoms with Gasteiger partial charge in [0, 0.05) is 13.1 Å². The maximum absolute atomic E-state index is 12.3. The maximum atomic E-state index is 12.3. The Morgan fingerprint density at radius 2 is 2.12 bits per heavy atom. The number of amides is 1. The van der Waals surface area contributed by atoms with Gasteiger partial charge in [0.15, 0.2) is 5.84 Å². The number of hydrogen-bond donors (Lipinski definition) is 3. The molecule has 0 radical (unpaired) electrons. The van der Waals surface area contributed by atoms with Gasteiger partial charge >= 0.3 is 0 Å². The molecule has 1 amide bonds. The van der Waals surface area contributed by atoms with E-state index < -0.39 is 5.41 Å². The van der Waals surface area contributed by atoms with Crippen LogP contribution in [-0.4, -0.2) is 46.7 Å². The van der Waals surface area contributed by atoms with Crippen molar-refractivity contribution in [2.75, 3.05) is 19.7 Å². The van der Waals surface area contributed by atoms with E-state index in [0.29, 0.717) is 25.9 Å². The lowest BCUT2D eigenvalue weighted by Crippen LogP contribution is -2.45. The van der Waals surface area contributed by atoms with E-state index in [2.05, 4.69) is 5.16 Å². The summed E-state index contributed by atoms with van der Waals surface area (Å²) in [6.07, 6.45) is 3.11. The van der Waals surface area contributed by atoms with Crippen molar-refractivity contribution in [3.05, 3.63) is 0 Å². The van der Waals surface area contributed by atoms with E-state index >= 15 is 0 Å². The highest BCUT2D eigenvalue weighted by Gasteiger charge is 2.55. The lowest BCUT2D eigenvalue weighted by molar-refractivity contribution is -0.135. The highest BCUT2D eigenvalue weighted by atomic mass is 16.4. The molecule has 0 bridgehead atoms. The molecule has 1 fully saturated rings. The second-order valence-corrected chi connectivity index (χ2v) is 4.44. The Bertz CT molecular complexity index is 300. The normalized spacial score (nSPS) is 17.9. The molecule has 0 unspecified atom stereocenters. The zero-order valence-electron chi connectivity index (χ0n) is 10.2. The van der Waals surface area contributed by atoms with Gasteiger partial charge in [-0.15, -0.1) is 0 Å². The van der Waals surface area contributed by atoms with Crippen LogP contribution >= 0.6 is 0 Å². The molecular weight excluding hydrogens is 222 g/mol. The smallest absolute Gasteiger partial charge is 0.236 e. The molecular formula is C11H21N3O3. The average molecular weight is 243 g/mol. The summed E-state index contributed by atoms with van der Waals surface area (Å²) < 4.78 is 0. The summed E-state index contributed by atoms with van der Waals surface area (Å²) in [6, 6.07) is 0. The standard InChI is InChI=1S/C11H21N3O3/c1-2-3-6-14(7-8-15)10(16)11(4-5-11)9(12)13-17/h15,17H,2-8H2,1H3,(H2,12,13). The number of oxime groups is 1. The molecule has 1 aliphatic rings. The van der Waals surface area contributed by atoms with E-state index in [0.717, 1.165) is 12.8 Å². The molecule has 98 valence electrons. The second-order valence-electron chi connectivity index (χ2n) is 4.44. The molecule has 0 aromatic heterocycles. The van der Waals surface area contributed by atoms with Crippen molar-refractivity contribution in [3.8, 4) is 0 Å². The lowest BCUT2D eigenvalue weighted by atomic mass is 10.0. The van der Waals surface area contributed by atoms with Gasteiger partial charge in [0.05, 0.1) is 6.61 Å². The van der Waals surface area contributed by atoms with Crippen LogP contribution in [0.3, 0.4) is 0 Å². The summed E-state index contributed by atoms with van der Waals surface area (Å²) in [5, 5.41) is 20.6. The molecule has 0 heterocycles. The van der Waals surface area contributed by atoms with E-state index in [4.69, 9.17) is 16.0 Å². The van der Waals surface area contributed by atoms with E-state index in [1.807, 2.05) is 6.92 Å². The third kappa shape index (κ3) is 2.88. The summed E-state index contributed by atoms with van der Waals surface area (Å²) in [6.45, 7) is 2.88. The average Bonchev–Trinajstić information content (AvgIpc) is 3.14. The van der Waals surface area contributed by atoms with Crippen molar-refractivity contribution in [1.29, 1.82) is 0 Å². The van der Waals surface area contributed by atoms with Crippen molar-refractivity contribution in [2.45, 2.75) is 32.6 Å². The van der Waals surface area contributed by atoms with E-state index in [1.165, 1.54) is 0 Å². The molecule has 0 aromatic carbocycles. The highest BCUT2D eigenvalue weighted by molar-refractivity contribution is 6.09. The van der Waals surface area contributed by atoms with Gasteiger partial charge in [-0.3, -0.25) is 4.79 Å². The van der Waals surface area contributed by atoms with Crippen molar-refractivity contribution < 1.29 is 15.1 Å². The van der Waals surface area contributed by atoms with Gasteiger partial charge in [-0.2, -0.15) is 0 Å². The quantitative estimate of drug-likeness (QED) is 0.256. The summed E-state index contributed by atoms with van der Waals surface area (Å²) in [4.78, 5) is 13.9. The zero-order chi connectivity index (χ0) is 12.9. The largest absolute Gasteiger partial charge is 0.409 e. The Kier molecular flexibility index (Phi) is 4.74. The van der Waals surface area contributed by atoms with Gasteiger partial charge in [0.2, 0.25) is 5.91 Å². The van der Waals surface area contributed by atoms with E-state index in [-0.39, 0.29) is 18.3 Å². The number of nitrogens with zero attached hydrogens (tertiary/aromatic N) is 2. The summed E-state index contributed by atoms with van der Waals surface area (Å²) in [7, 11) is 0. The number of unbranched alkanes of at least 4 members (excludes halogenated alkanes) is 1. The minimum Gasteiger partial charge on any atom is -0.409 e. The number of aliphatic hydroxyl groups excluding tert-OH is 1.